The summed E-state index contributed by atoms with van der Waals surface area (Å²) in [5.41, 5.74) is 4.73. The van der Waals surface area contributed by atoms with Gasteiger partial charge in [0.2, 0.25) is 0 Å². The minimum absolute atomic E-state index is 0.143. The van der Waals surface area contributed by atoms with Crippen LogP contribution in [0.1, 0.15) is 31.8 Å². The molecule has 2 amide bonds. The molecule has 0 radical (unpaired) electrons. The highest BCUT2D eigenvalue weighted by molar-refractivity contribution is 6.37. The van der Waals surface area contributed by atoms with Gasteiger partial charge in [-0.15, -0.1) is 0 Å². The van der Waals surface area contributed by atoms with Crippen molar-refractivity contribution in [3.05, 3.63) is 95.1 Å². The third kappa shape index (κ3) is 5.45. The molecule has 1 aliphatic heterocycles. The normalized spacial score (nSPS) is 13.6. The van der Waals surface area contributed by atoms with Crippen molar-refractivity contribution < 1.29 is 19.1 Å². The quantitative estimate of drug-likeness (QED) is 0.333. The second-order valence-corrected chi connectivity index (χ2v) is 8.58. The highest BCUT2D eigenvalue weighted by Crippen LogP contribution is 2.38. The summed E-state index contributed by atoms with van der Waals surface area (Å²) in [7, 11) is 5.22. The number of anilines is 2. The van der Waals surface area contributed by atoms with Gasteiger partial charge in [0.05, 0.1) is 29.6 Å². The smallest absolute Gasteiger partial charge is 0.337 e. The molecule has 184 valence electrons. The third-order valence-electron chi connectivity index (χ3n) is 5.76. The van der Waals surface area contributed by atoms with Gasteiger partial charge < -0.3 is 25.6 Å². The molecule has 8 heteroatoms. The Morgan fingerprint density at radius 2 is 1.61 bits per heavy atom. The first-order valence-electron chi connectivity index (χ1n) is 11.5. The number of carbonyl (C=O) groups excluding carboxylic acids is 3. The van der Waals surface area contributed by atoms with Crippen LogP contribution in [0.15, 0.2) is 72.8 Å². The van der Waals surface area contributed by atoms with Crippen molar-refractivity contribution in [2.24, 2.45) is 0 Å². The topological polar surface area (TPSA) is 99.8 Å². The lowest BCUT2D eigenvalue weighted by Gasteiger charge is -2.15. The van der Waals surface area contributed by atoms with Gasteiger partial charge in [-0.2, -0.15) is 0 Å². The molecular weight excluding hydrogens is 456 g/mol. The summed E-state index contributed by atoms with van der Waals surface area (Å²) in [5, 5.41) is 9.12. The Balaban J connectivity index is 1.66. The number of likely N-dealkylation sites (N-methyl/N-ethyl adjacent to an activating group) is 1. The number of esters is 1. The minimum Gasteiger partial charge on any atom is -0.465 e. The van der Waals surface area contributed by atoms with Crippen molar-refractivity contribution >= 4 is 40.4 Å². The maximum Gasteiger partial charge on any atom is 0.337 e. The van der Waals surface area contributed by atoms with Crippen molar-refractivity contribution in [1.29, 1.82) is 0 Å². The first-order valence-corrected chi connectivity index (χ1v) is 11.5. The Morgan fingerprint density at radius 3 is 2.28 bits per heavy atom. The van der Waals surface area contributed by atoms with E-state index in [1.165, 1.54) is 7.11 Å². The number of rotatable bonds is 8. The Hall–Kier alpha value is -4.43. The van der Waals surface area contributed by atoms with E-state index in [1.54, 1.807) is 42.5 Å². The van der Waals surface area contributed by atoms with E-state index in [9.17, 15) is 14.4 Å². The van der Waals surface area contributed by atoms with E-state index < -0.39 is 5.97 Å². The maximum absolute atomic E-state index is 13.1. The molecule has 3 aromatic carbocycles. The molecule has 8 nitrogen and oxygen atoms in total. The highest BCUT2D eigenvalue weighted by atomic mass is 16.5. The molecule has 0 saturated carbocycles. The summed E-state index contributed by atoms with van der Waals surface area (Å²) in [5.74, 6) is -0.900. The van der Waals surface area contributed by atoms with Gasteiger partial charge in [0, 0.05) is 29.9 Å². The van der Waals surface area contributed by atoms with E-state index in [0.717, 1.165) is 17.8 Å². The van der Waals surface area contributed by atoms with Crippen molar-refractivity contribution in [1.82, 2.24) is 10.2 Å². The summed E-state index contributed by atoms with van der Waals surface area (Å²) in [6.07, 6.45) is 0. The second kappa shape index (κ2) is 10.9. The minimum atomic E-state index is -0.475. The van der Waals surface area contributed by atoms with Crippen LogP contribution in [0.3, 0.4) is 0 Å². The Kier molecular flexibility index (Phi) is 7.46. The average molecular weight is 485 g/mol. The number of benzene rings is 3. The molecule has 1 aliphatic rings. The van der Waals surface area contributed by atoms with Gasteiger partial charge in [0.15, 0.2) is 0 Å². The maximum atomic E-state index is 13.1. The SMILES string of the molecule is COC(=O)c1ccc2c(c1)NC(=O)/C2=C(\Nc1ccc(C(=O)NCCN(C)C)cc1)c1ccccc1. The zero-order chi connectivity index (χ0) is 25.7. The predicted octanol–water partition coefficient (Wildman–Crippen LogP) is 3.70. The summed E-state index contributed by atoms with van der Waals surface area (Å²) in [6.45, 7) is 1.31. The lowest BCUT2D eigenvalue weighted by Crippen LogP contribution is -2.31. The van der Waals surface area contributed by atoms with Crippen LogP contribution in [0.4, 0.5) is 11.4 Å². The summed E-state index contributed by atoms with van der Waals surface area (Å²) in [6, 6.07) is 21.6. The molecule has 0 fully saturated rings. The van der Waals surface area contributed by atoms with Gasteiger partial charge in [-0.05, 0) is 56.1 Å². The number of nitrogens with zero attached hydrogens (tertiary/aromatic N) is 1. The van der Waals surface area contributed by atoms with E-state index >= 15 is 0 Å². The second-order valence-electron chi connectivity index (χ2n) is 8.58. The fourth-order valence-corrected chi connectivity index (χ4v) is 3.89. The van der Waals surface area contributed by atoms with Crippen LogP contribution in [0, 0.1) is 0 Å². The molecule has 4 rings (SSSR count). The van der Waals surface area contributed by atoms with Gasteiger partial charge in [-0.1, -0.05) is 36.4 Å². The van der Waals surface area contributed by atoms with Crippen molar-refractivity contribution in [3.8, 4) is 0 Å². The number of methoxy groups -OCH3 is 1. The fraction of sp³-hybridized carbons (Fsp3) is 0.179. The molecule has 3 N–H and O–H groups in total. The third-order valence-corrected chi connectivity index (χ3v) is 5.76. The zero-order valence-corrected chi connectivity index (χ0v) is 20.4. The zero-order valence-electron chi connectivity index (χ0n) is 20.4. The molecule has 0 unspecified atom stereocenters. The number of ether oxygens (including phenoxy) is 1. The number of hydrogen-bond donors (Lipinski definition) is 3. The van der Waals surface area contributed by atoms with Crippen molar-refractivity contribution in [2.45, 2.75) is 0 Å². The summed E-state index contributed by atoms with van der Waals surface area (Å²) >= 11 is 0. The van der Waals surface area contributed by atoms with Crippen molar-refractivity contribution in [2.75, 3.05) is 44.9 Å². The molecule has 0 spiro atoms. The van der Waals surface area contributed by atoms with Gasteiger partial charge in [-0.25, -0.2) is 4.79 Å². The van der Waals surface area contributed by atoms with Crippen LogP contribution in [0.5, 0.6) is 0 Å². The number of hydrogen-bond acceptors (Lipinski definition) is 6. The van der Waals surface area contributed by atoms with E-state index in [4.69, 9.17) is 4.74 Å². The van der Waals surface area contributed by atoms with Crippen LogP contribution in [-0.2, 0) is 9.53 Å². The lowest BCUT2D eigenvalue weighted by atomic mass is 9.99. The van der Waals surface area contributed by atoms with Crippen LogP contribution in [0.2, 0.25) is 0 Å². The first kappa shape index (κ1) is 24.7. The molecule has 0 bridgehead atoms. The van der Waals surface area contributed by atoms with E-state index in [0.29, 0.717) is 40.2 Å². The highest BCUT2D eigenvalue weighted by Gasteiger charge is 2.29. The van der Waals surface area contributed by atoms with E-state index in [2.05, 4.69) is 16.0 Å². The molecule has 1 heterocycles. The number of carbonyl (C=O) groups is 3. The largest absolute Gasteiger partial charge is 0.465 e. The Labute approximate surface area is 210 Å². The molecule has 36 heavy (non-hydrogen) atoms. The first-order chi connectivity index (χ1) is 17.4. The summed E-state index contributed by atoms with van der Waals surface area (Å²) in [4.78, 5) is 39.5. The predicted molar refractivity (Wildman–Crippen MR) is 141 cm³/mol. The molecule has 0 aromatic heterocycles. The lowest BCUT2D eigenvalue weighted by molar-refractivity contribution is -0.110. The molecule has 0 atom stereocenters. The van der Waals surface area contributed by atoms with Gasteiger partial charge in [0.25, 0.3) is 11.8 Å². The molecule has 0 saturated heterocycles. The number of amides is 2. The van der Waals surface area contributed by atoms with Gasteiger partial charge in [-0.3, -0.25) is 9.59 Å². The van der Waals surface area contributed by atoms with E-state index in [-0.39, 0.29) is 11.8 Å². The Morgan fingerprint density at radius 1 is 0.917 bits per heavy atom. The van der Waals surface area contributed by atoms with Crippen LogP contribution in [0.25, 0.3) is 11.3 Å². The fourth-order valence-electron chi connectivity index (χ4n) is 3.89. The van der Waals surface area contributed by atoms with Crippen molar-refractivity contribution in [3.63, 3.8) is 0 Å². The number of fused-ring (bicyclic) bond motifs is 1. The number of nitrogens with one attached hydrogen (secondary N) is 3. The van der Waals surface area contributed by atoms with Crippen LogP contribution < -0.4 is 16.0 Å². The molecule has 3 aromatic rings. The van der Waals surface area contributed by atoms with E-state index in [1.807, 2.05) is 49.3 Å². The Bertz CT molecular complexity index is 1320. The molecule has 0 aliphatic carbocycles. The van der Waals surface area contributed by atoms with Gasteiger partial charge >= 0.3 is 5.97 Å². The monoisotopic (exact) mass is 484 g/mol. The summed E-state index contributed by atoms with van der Waals surface area (Å²) < 4.78 is 4.80. The average Bonchev–Trinajstić information content (AvgIpc) is 3.22. The molecular formula is C28H28N4O4. The van der Waals surface area contributed by atoms with Gasteiger partial charge in [0.1, 0.15) is 0 Å². The standard InChI is InChI=1S/C28H28N4O4/c1-32(2)16-15-29-26(33)19-9-12-21(13-10-19)30-25(18-7-5-4-6-8-18)24-22-14-11-20(28(35)36-3)17-23(22)31-27(24)34/h4-14,17,30H,15-16H2,1-3H3,(H,29,33)(H,31,34)/b25-24-. The van der Waals surface area contributed by atoms with Crippen LogP contribution >= 0.6 is 0 Å². The van der Waals surface area contributed by atoms with Crippen LogP contribution in [-0.4, -0.2) is 57.0 Å².